The summed E-state index contributed by atoms with van der Waals surface area (Å²) < 4.78 is 48.6. The van der Waals surface area contributed by atoms with E-state index < -0.39 is 47.5 Å². The van der Waals surface area contributed by atoms with Crippen LogP contribution in [0.4, 0.5) is 0 Å². The molecule has 1 rings (SSSR count). The highest BCUT2D eigenvalue weighted by Gasteiger charge is 2.47. The summed E-state index contributed by atoms with van der Waals surface area (Å²) in [5.41, 5.74) is 0. The molecular formula is C69H138O9S. The van der Waals surface area contributed by atoms with Gasteiger partial charge in [0.05, 0.1) is 13.2 Å². The van der Waals surface area contributed by atoms with Gasteiger partial charge in [0.25, 0.3) is 0 Å². The first-order valence-corrected chi connectivity index (χ1v) is 37.0. The Hall–Kier alpha value is -0.330. The molecule has 1 aliphatic rings. The lowest BCUT2D eigenvalue weighted by atomic mass is 9.94. The highest BCUT2D eigenvalue weighted by atomic mass is 32.3. The van der Waals surface area contributed by atoms with Crippen LogP contribution < -0.4 is 0 Å². The zero-order chi connectivity index (χ0) is 57.2. The minimum absolute atomic E-state index is 0.0364. The van der Waals surface area contributed by atoms with Gasteiger partial charge in [0.15, 0.2) is 0 Å². The Bertz CT molecular complexity index is 1240. The van der Waals surface area contributed by atoms with Gasteiger partial charge in [-0.25, -0.2) is 4.18 Å². The van der Waals surface area contributed by atoms with Crippen molar-refractivity contribution in [2.45, 2.75) is 417 Å². The average molecular weight is 1140 g/mol. The van der Waals surface area contributed by atoms with E-state index in [-0.39, 0.29) is 6.61 Å². The number of aliphatic hydroxyl groups is 3. The molecule has 0 aromatic carbocycles. The summed E-state index contributed by atoms with van der Waals surface area (Å²) in [6.45, 7) is 4.46. The lowest BCUT2D eigenvalue weighted by molar-refractivity contribution is -0.233. The van der Waals surface area contributed by atoms with Crippen molar-refractivity contribution >= 4 is 10.4 Å². The van der Waals surface area contributed by atoms with Gasteiger partial charge in [-0.05, 0) is 18.8 Å². The molecule has 1 fully saturated rings. The molecule has 1 saturated heterocycles. The topological polar surface area (TPSA) is 143 Å². The third-order valence-electron chi connectivity index (χ3n) is 17.8. The van der Waals surface area contributed by atoms with Crippen LogP contribution in [0.2, 0.25) is 0 Å². The van der Waals surface area contributed by atoms with E-state index in [4.69, 9.17) is 9.47 Å². The molecule has 0 unspecified atom stereocenters. The Morgan fingerprint density at radius 1 is 0.354 bits per heavy atom. The Balaban J connectivity index is 2.14. The van der Waals surface area contributed by atoms with Crippen LogP contribution in [-0.4, -0.2) is 78.6 Å². The summed E-state index contributed by atoms with van der Waals surface area (Å²) in [6, 6.07) is 0. The summed E-state index contributed by atoms with van der Waals surface area (Å²) in [7, 11) is -4.95. The smallest absolute Gasteiger partial charge is 0.394 e. The van der Waals surface area contributed by atoms with Gasteiger partial charge >= 0.3 is 10.4 Å². The van der Waals surface area contributed by atoms with E-state index in [2.05, 4.69) is 18.0 Å². The largest absolute Gasteiger partial charge is 0.397 e. The number of aliphatic hydroxyl groups excluding tert-OH is 3. The van der Waals surface area contributed by atoms with Gasteiger partial charge in [0.2, 0.25) is 0 Å². The van der Waals surface area contributed by atoms with Gasteiger partial charge in [0.1, 0.15) is 30.5 Å². The molecule has 1 aliphatic heterocycles. The predicted molar refractivity (Wildman–Crippen MR) is 338 cm³/mol. The molecule has 0 bridgehead atoms. The van der Waals surface area contributed by atoms with Gasteiger partial charge < -0.3 is 24.8 Å². The molecule has 9 nitrogen and oxygen atoms in total. The Kier molecular flexibility index (Phi) is 57.7. The predicted octanol–water partition coefficient (Wildman–Crippen LogP) is 21.0. The van der Waals surface area contributed by atoms with Gasteiger partial charge in [-0.3, -0.25) is 4.55 Å². The van der Waals surface area contributed by atoms with Gasteiger partial charge in [0, 0.05) is 6.61 Å². The van der Waals surface area contributed by atoms with Crippen molar-refractivity contribution in [2.75, 3.05) is 19.8 Å². The van der Waals surface area contributed by atoms with Gasteiger partial charge in [-0.15, -0.1) is 0 Å². The molecule has 474 valence electrons. The third kappa shape index (κ3) is 51.8. The number of hydrogen-bond acceptors (Lipinski definition) is 8. The zero-order valence-corrected chi connectivity index (χ0v) is 53.7. The fraction of sp³-hybridized carbons (Fsp3) is 1.00. The molecule has 79 heavy (non-hydrogen) atoms. The molecule has 0 aliphatic carbocycles. The van der Waals surface area contributed by atoms with E-state index in [1.807, 2.05) is 0 Å². The van der Waals surface area contributed by atoms with Crippen molar-refractivity contribution in [3.63, 3.8) is 0 Å². The van der Waals surface area contributed by atoms with Crippen LogP contribution in [0.1, 0.15) is 386 Å². The van der Waals surface area contributed by atoms with Crippen molar-refractivity contribution < 1.29 is 41.9 Å². The van der Waals surface area contributed by atoms with E-state index in [0.717, 1.165) is 12.8 Å². The second-order valence-electron chi connectivity index (χ2n) is 25.4. The molecule has 5 atom stereocenters. The molecule has 0 radical (unpaired) electrons. The van der Waals surface area contributed by atoms with Crippen LogP contribution in [0.3, 0.4) is 0 Å². The number of rotatable bonds is 65. The van der Waals surface area contributed by atoms with Crippen molar-refractivity contribution in [3.8, 4) is 0 Å². The minimum atomic E-state index is -4.95. The summed E-state index contributed by atoms with van der Waals surface area (Å²) >= 11 is 0. The first kappa shape index (κ1) is 76.7. The normalized spacial score (nSPS) is 17.9. The van der Waals surface area contributed by atoms with Gasteiger partial charge in [-0.1, -0.05) is 373 Å². The zero-order valence-electron chi connectivity index (χ0n) is 52.8. The Labute approximate surface area is 492 Å². The summed E-state index contributed by atoms with van der Waals surface area (Å²) in [4.78, 5) is 0. The van der Waals surface area contributed by atoms with Crippen molar-refractivity contribution in [3.05, 3.63) is 0 Å². The quantitative estimate of drug-likeness (QED) is 0.0346. The van der Waals surface area contributed by atoms with E-state index in [1.54, 1.807) is 0 Å². The molecule has 1 heterocycles. The summed E-state index contributed by atoms with van der Waals surface area (Å²) in [5, 5.41) is 31.0. The first-order chi connectivity index (χ1) is 38.7. The maximum Gasteiger partial charge on any atom is 0.397 e. The average Bonchev–Trinajstić information content (AvgIpc) is 3.53. The van der Waals surface area contributed by atoms with Crippen molar-refractivity contribution in [2.24, 2.45) is 5.92 Å². The number of hydrogen-bond donors (Lipinski definition) is 4. The molecule has 4 N–H and O–H groups in total. The molecule has 0 saturated carbocycles. The second kappa shape index (κ2) is 59.4. The third-order valence-corrected chi connectivity index (χ3v) is 18.2. The molecular weight excluding hydrogens is 1000 g/mol. The Morgan fingerprint density at radius 3 is 0.785 bits per heavy atom. The van der Waals surface area contributed by atoms with E-state index in [1.165, 1.54) is 360 Å². The lowest BCUT2D eigenvalue weighted by Crippen LogP contribution is -2.60. The summed E-state index contributed by atoms with van der Waals surface area (Å²) in [5.74, 6) is 0.373. The molecule has 0 aromatic heterocycles. The SMILES string of the molecule is CCCCCCCCCCCCCCCCCCCCCCCCCCCCCCC(CCCCCCCCCCCCCCCCCCCCCCCCCCCCCC)COC[C@@H]1O[C@H](CO)[C@H](O)[C@H](OS(=O)(=O)O)[C@H]1O. The van der Waals surface area contributed by atoms with Crippen LogP contribution in [0.25, 0.3) is 0 Å². The molecule has 0 aromatic rings. The van der Waals surface area contributed by atoms with E-state index in [9.17, 15) is 28.3 Å². The van der Waals surface area contributed by atoms with Crippen LogP contribution >= 0.6 is 0 Å². The maximum atomic E-state index is 11.5. The maximum absolute atomic E-state index is 11.5. The summed E-state index contributed by atoms with van der Waals surface area (Å²) in [6.07, 6.45) is 73.4. The Morgan fingerprint density at radius 2 is 0.570 bits per heavy atom. The highest BCUT2D eigenvalue weighted by molar-refractivity contribution is 7.80. The lowest BCUT2D eigenvalue weighted by Gasteiger charge is -2.41. The fourth-order valence-electron chi connectivity index (χ4n) is 12.4. The van der Waals surface area contributed by atoms with E-state index >= 15 is 0 Å². The number of unbranched alkanes of at least 4 members (excludes halogenated alkanes) is 54. The molecule has 10 heteroatoms. The van der Waals surface area contributed by atoms with E-state index in [0.29, 0.717) is 12.5 Å². The highest BCUT2D eigenvalue weighted by Crippen LogP contribution is 2.27. The van der Waals surface area contributed by atoms with Crippen LogP contribution in [-0.2, 0) is 24.1 Å². The molecule has 0 amide bonds. The van der Waals surface area contributed by atoms with Gasteiger partial charge in [-0.2, -0.15) is 8.42 Å². The van der Waals surface area contributed by atoms with Crippen LogP contribution in [0.5, 0.6) is 0 Å². The first-order valence-electron chi connectivity index (χ1n) is 35.6. The molecule has 0 spiro atoms. The van der Waals surface area contributed by atoms with Crippen molar-refractivity contribution in [1.82, 2.24) is 0 Å². The second-order valence-corrected chi connectivity index (χ2v) is 26.5. The standard InChI is InChI=1S/C69H138O9S/c1-3-5-7-9-11-13-15-17-19-21-23-25-27-29-31-33-35-37-39-41-43-45-47-49-51-53-55-57-59-64(62-76-63-66-68(72)69(78-79(73,74)75)67(71)65(61-70)77-66)60-58-56-54-52-50-48-46-44-42-40-38-36-34-32-30-28-26-24-22-20-18-16-14-12-10-8-6-4-2/h64-72H,3-63H2,1-2H3,(H,73,74,75)/t65-,66+,67+,68+,69+/m1/s1. The monoisotopic (exact) mass is 1140 g/mol. The van der Waals surface area contributed by atoms with Crippen LogP contribution in [0, 0.1) is 5.92 Å². The van der Waals surface area contributed by atoms with Crippen molar-refractivity contribution in [1.29, 1.82) is 0 Å². The fourth-order valence-corrected chi connectivity index (χ4v) is 12.9. The minimum Gasteiger partial charge on any atom is -0.394 e. The number of ether oxygens (including phenoxy) is 2. The van der Waals surface area contributed by atoms with Crippen LogP contribution in [0.15, 0.2) is 0 Å².